The Hall–Kier alpha value is -4.30. The van der Waals surface area contributed by atoms with E-state index >= 15 is 0 Å². The Balaban J connectivity index is 1.45. The van der Waals surface area contributed by atoms with E-state index in [0.717, 1.165) is 33.5 Å². The number of pyridine rings is 1. The summed E-state index contributed by atoms with van der Waals surface area (Å²) in [6.45, 7) is 1.92. The Morgan fingerprint density at radius 2 is 1.97 bits per heavy atom. The van der Waals surface area contributed by atoms with E-state index in [1.54, 1.807) is 18.5 Å². The van der Waals surface area contributed by atoms with Crippen LogP contribution in [0.2, 0.25) is 0 Å². The first-order valence-corrected chi connectivity index (χ1v) is 11.1. The van der Waals surface area contributed by atoms with Gasteiger partial charge in [0.25, 0.3) is 5.91 Å². The topological polar surface area (TPSA) is 125 Å². The lowest BCUT2D eigenvalue weighted by Gasteiger charge is -2.13. The van der Waals surface area contributed by atoms with Crippen LogP contribution in [0.1, 0.15) is 33.6 Å². The summed E-state index contributed by atoms with van der Waals surface area (Å²) in [5.74, 6) is -0.653. The van der Waals surface area contributed by atoms with Crippen molar-refractivity contribution in [3.05, 3.63) is 83.2 Å². The van der Waals surface area contributed by atoms with Gasteiger partial charge >= 0.3 is 0 Å². The van der Waals surface area contributed by atoms with Gasteiger partial charge < -0.3 is 16.0 Å². The summed E-state index contributed by atoms with van der Waals surface area (Å²) in [6.07, 6.45) is 4.61. The average molecular weight is 453 g/mol. The fourth-order valence-electron chi connectivity index (χ4n) is 4.13. The molecule has 5 rings (SSSR count). The molecule has 8 nitrogen and oxygen atoms in total. The highest BCUT2D eigenvalue weighted by Gasteiger charge is 2.23. The monoisotopic (exact) mass is 452 g/mol. The maximum absolute atomic E-state index is 12.8. The summed E-state index contributed by atoms with van der Waals surface area (Å²) in [5.41, 5.74) is 14.8. The molecule has 1 aliphatic heterocycles. The number of amides is 2. The van der Waals surface area contributed by atoms with Gasteiger partial charge in [-0.3, -0.25) is 14.6 Å². The van der Waals surface area contributed by atoms with E-state index in [-0.39, 0.29) is 11.8 Å². The van der Waals surface area contributed by atoms with Crippen LogP contribution in [0.3, 0.4) is 0 Å². The molecular weight excluding hydrogens is 428 g/mol. The summed E-state index contributed by atoms with van der Waals surface area (Å²) in [6, 6.07) is 16.6. The lowest BCUT2D eigenvalue weighted by Crippen LogP contribution is -2.36. The number of rotatable bonds is 6. The maximum Gasteiger partial charge on any atom is 0.272 e. The third-order valence-electron chi connectivity index (χ3n) is 5.93. The number of carbonyl (C=O) groups excluding carboxylic acids is 2. The summed E-state index contributed by atoms with van der Waals surface area (Å²) in [4.78, 5) is 33.3. The first kappa shape index (κ1) is 21.5. The van der Waals surface area contributed by atoms with Crippen LogP contribution >= 0.6 is 0 Å². The number of nitrogens with zero attached hydrogens (tertiary/aromatic N) is 2. The van der Waals surface area contributed by atoms with Crippen LogP contribution in [0.4, 0.5) is 5.69 Å². The second-order valence-corrected chi connectivity index (χ2v) is 8.37. The zero-order chi connectivity index (χ0) is 23.7. The normalized spacial score (nSPS) is 13.4. The Morgan fingerprint density at radius 3 is 2.74 bits per heavy atom. The maximum atomic E-state index is 12.8. The number of hydrogen-bond acceptors (Lipinski definition) is 5. The molecule has 0 fully saturated rings. The first-order valence-electron chi connectivity index (χ1n) is 11.1. The van der Waals surface area contributed by atoms with Crippen LogP contribution in [0.25, 0.3) is 22.2 Å². The van der Waals surface area contributed by atoms with Gasteiger partial charge in [0.2, 0.25) is 5.91 Å². The van der Waals surface area contributed by atoms with Crippen LogP contribution in [-0.2, 0) is 11.2 Å². The van der Waals surface area contributed by atoms with Gasteiger partial charge in [-0.2, -0.15) is 5.10 Å². The Labute approximate surface area is 196 Å². The molecule has 0 unspecified atom stereocenters. The van der Waals surface area contributed by atoms with Crippen molar-refractivity contribution in [2.45, 2.75) is 25.8 Å². The van der Waals surface area contributed by atoms with Crippen LogP contribution in [-0.4, -0.2) is 34.0 Å². The minimum absolute atomic E-state index is 0.303. The molecule has 4 aromatic rings. The molecule has 0 saturated carbocycles. The summed E-state index contributed by atoms with van der Waals surface area (Å²) in [5, 5.41) is 7.67. The second kappa shape index (κ2) is 8.92. The fraction of sp³-hybridized carbons (Fsp3) is 0.154. The molecule has 0 bridgehead atoms. The largest absolute Gasteiger partial charge is 0.354 e. The molecule has 1 atom stereocenters. The predicted octanol–water partition coefficient (Wildman–Crippen LogP) is 3.51. The van der Waals surface area contributed by atoms with E-state index in [2.05, 4.69) is 25.8 Å². The minimum Gasteiger partial charge on any atom is -0.354 e. The summed E-state index contributed by atoms with van der Waals surface area (Å²) in [7, 11) is 0. The molecule has 0 saturated heterocycles. The van der Waals surface area contributed by atoms with Crippen molar-refractivity contribution < 1.29 is 9.59 Å². The molecule has 0 aliphatic carbocycles. The van der Waals surface area contributed by atoms with Crippen molar-refractivity contribution in [1.82, 2.24) is 15.4 Å². The molecule has 2 aromatic heterocycles. The molecule has 0 radical (unpaired) electrons. The Morgan fingerprint density at radius 1 is 1.15 bits per heavy atom. The molecule has 2 amide bonds. The van der Waals surface area contributed by atoms with Gasteiger partial charge in [0.05, 0.1) is 23.5 Å². The average Bonchev–Trinajstić information content (AvgIpc) is 3.12. The van der Waals surface area contributed by atoms with E-state index in [1.165, 1.54) is 0 Å². The molecule has 34 heavy (non-hydrogen) atoms. The van der Waals surface area contributed by atoms with Crippen LogP contribution in [0.15, 0.2) is 65.9 Å². The van der Waals surface area contributed by atoms with Crippen molar-refractivity contribution in [1.29, 1.82) is 0 Å². The highest BCUT2D eigenvalue weighted by molar-refractivity contribution is 6.18. The van der Waals surface area contributed by atoms with Crippen LogP contribution in [0, 0.1) is 6.92 Å². The molecule has 3 heterocycles. The number of anilines is 1. The number of H-pyrrole nitrogens is 1. The Kier molecular flexibility index (Phi) is 5.65. The molecule has 170 valence electrons. The molecular formula is C26H24N6O2. The van der Waals surface area contributed by atoms with Crippen molar-refractivity contribution in [2.75, 3.05) is 5.32 Å². The summed E-state index contributed by atoms with van der Waals surface area (Å²) >= 11 is 0. The minimum atomic E-state index is -0.680. The molecule has 2 aromatic carbocycles. The Bertz CT molecular complexity index is 1410. The van der Waals surface area contributed by atoms with Gasteiger partial charge in [-0.05, 0) is 49.6 Å². The number of nitrogens with one attached hydrogen (secondary N) is 3. The van der Waals surface area contributed by atoms with Gasteiger partial charge in [0.1, 0.15) is 0 Å². The third-order valence-corrected chi connectivity index (χ3v) is 5.93. The van der Waals surface area contributed by atoms with Crippen LogP contribution in [0.5, 0.6) is 0 Å². The highest BCUT2D eigenvalue weighted by Crippen LogP contribution is 2.34. The zero-order valence-corrected chi connectivity index (χ0v) is 18.6. The lowest BCUT2D eigenvalue weighted by molar-refractivity contribution is -0.117. The highest BCUT2D eigenvalue weighted by atomic mass is 16.2. The second-order valence-electron chi connectivity index (χ2n) is 8.37. The zero-order valence-electron chi connectivity index (χ0n) is 18.6. The number of hydrogen-bond donors (Lipinski definition) is 4. The van der Waals surface area contributed by atoms with Gasteiger partial charge in [0, 0.05) is 39.6 Å². The quantitative estimate of drug-likeness (QED) is 0.357. The van der Waals surface area contributed by atoms with Crippen molar-refractivity contribution in [3.8, 4) is 11.3 Å². The fourth-order valence-corrected chi connectivity index (χ4v) is 4.13. The summed E-state index contributed by atoms with van der Waals surface area (Å²) < 4.78 is 0. The standard InChI is InChI=1S/C26H24N6O2/c1-15-7-9-17(13-28-15)24-20-14-29-32-25(33)19-11-18(12-22(31-24)23(19)20)30-26(34)21(27)10-8-16-5-3-2-4-6-16/h2-7,9,11-14,21,31H,8,10,27H2,1H3,(H,30,34)(H,32,33)/t21-/m1/s1. The van der Waals surface area contributed by atoms with E-state index in [9.17, 15) is 9.59 Å². The van der Waals surface area contributed by atoms with E-state index in [4.69, 9.17) is 5.73 Å². The number of carbonyl (C=O) groups is 2. The number of hydrazone groups is 1. The predicted molar refractivity (Wildman–Crippen MR) is 133 cm³/mol. The van der Waals surface area contributed by atoms with Crippen molar-refractivity contribution in [3.63, 3.8) is 0 Å². The van der Waals surface area contributed by atoms with E-state index < -0.39 is 6.04 Å². The smallest absolute Gasteiger partial charge is 0.272 e. The van der Waals surface area contributed by atoms with Gasteiger partial charge in [-0.25, -0.2) is 5.43 Å². The van der Waals surface area contributed by atoms with Gasteiger partial charge in [-0.1, -0.05) is 30.3 Å². The first-order chi connectivity index (χ1) is 16.5. The van der Waals surface area contributed by atoms with Crippen LogP contribution < -0.4 is 16.5 Å². The molecule has 1 aliphatic rings. The SMILES string of the molecule is Cc1ccc(-c2[nH]c3cc(NC(=O)[C@H](N)CCc4ccccc4)cc4c3c2C=NNC4=O)cn1. The molecule has 5 N–H and O–H groups in total. The van der Waals surface area contributed by atoms with Gasteiger partial charge in [-0.15, -0.1) is 0 Å². The number of aromatic nitrogens is 2. The third kappa shape index (κ3) is 4.18. The van der Waals surface area contributed by atoms with Gasteiger partial charge in [0.15, 0.2) is 0 Å². The lowest BCUT2D eigenvalue weighted by atomic mass is 10.0. The number of aromatic amines is 1. The van der Waals surface area contributed by atoms with Crippen molar-refractivity contribution >= 4 is 34.6 Å². The number of nitrogens with two attached hydrogens (primary N) is 1. The molecule has 0 spiro atoms. The van der Waals surface area contributed by atoms with E-state index in [1.807, 2.05) is 55.5 Å². The number of benzene rings is 2. The molecule has 8 heteroatoms. The van der Waals surface area contributed by atoms with E-state index in [0.29, 0.717) is 29.6 Å². The number of aryl methyl sites for hydroxylation is 2. The van der Waals surface area contributed by atoms with Crippen molar-refractivity contribution in [2.24, 2.45) is 10.8 Å².